The van der Waals surface area contributed by atoms with Crippen molar-refractivity contribution in [3.63, 3.8) is 0 Å². The Morgan fingerprint density at radius 1 is 0.857 bits per heavy atom. The van der Waals surface area contributed by atoms with Crippen LogP contribution in [0.15, 0.2) is 147 Å². The Kier molecular flexibility index (Phi) is 32.7. The Morgan fingerprint density at radius 2 is 1.48 bits per heavy atom. The van der Waals surface area contributed by atoms with Gasteiger partial charge >= 0.3 is 0 Å². The molecule has 11 nitrogen and oxygen atoms in total. The van der Waals surface area contributed by atoms with Gasteiger partial charge in [0.1, 0.15) is 5.82 Å². The average molecular weight is 1160 g/mol. The molecule has 0 saturated carbocycles. The normalized spacial score (nSPS) is 15.9. The third-order valence-corrected chi connectivity index (χ3v) is 16.8. The highest BCUT2D eigenvalue weighted by molar-refractivity contribution is 7.28. The second-order valence-corrected chi connectivity index (χ2v) is 23.1. The minimum absolute atomic E-state index is 0.0160. The monoisotopic (exact) mass is 1160 g/mol. The number of likely N-dealkylation sites (N-methyl/N-ethyl adjacent to an activating group) is 1. The number of anilines is 2. The minimum Gasteiger partial charge on any atom is -0.402 e. The number of carbonyl (C=O) groups excluding carboxylic acids is 1. The third kappa shape index (κ3) is 20.9. The highest BCUT2D eigenvalue weighted by Gasteiger charge is 2.35. The summed E-state index contributed by atoms with van der Waals surface area (Å²) in [5.74, 6) is 2.63. The van der Waals surface area contributed by atoms with E-state index >= 15 is 0 Å². The number of likely N-dealkylation sites (tertiary alicyclic amines) is 1. The van der Waals surface area contributed by atoms with Crippen LogP contribution >= 0.6 is 9.24 Å². The first-order chi connectivity index (χ1) is 40.5. The summed E-state index contributed by atoms with van der Waals surface area (Å²) < 4.78 is 0. The van der Waals surface area contributed by atoms with Crippen LogP contribution in [-0.2, 0) is 6.42 Å². The summed E-state index contributed by atoms with van der Waals surface area (Å²) in [5.41, 5.74) is 16.4. The van der Waals surface area contributed by atoms with E-state index in [-0.39, 0.29) is 17.4 Å². The number of amides is 1. The van der Waals surface area contributed by atoms with Gasteiger partial charge in [0.15, 0.2) is 5.82 Å². The van der Waals surface area contributed by atoms with Gasteiger partial charge in [-0.15, -0.1) is 22.4 Å². The number of nitrogens with one attached hydrogen (secondary N) is 1. The number of carbonyl (C=O) groups is 1. The Bertz CT molecular complexity index is 2700. The lowest BCUT2D eigenvalue weighted by atomic mass is 9.73. The quantitative estimate of drug-likeness (QED) is 0.0450. The molecule has 3 N–H and O–H groups in total. The molecule has 3 unspecified atom stereocenters. The first-order valence-electron chi connectivity index (χ1n) is 31.3. The van der Waals surface area contributed by atoms with Gasteiger partial charge in [0.2, 0.25) is 0 Å². The molecule has 1 aromatic heterocycles. The van der Waals surface area contributed by atoms with E-state index in [1.54, 1.807) is 11.0 Å². The molecule has 3 atom stereocenters. The molecule has 4 heterocycles. The number of nitrogens with zero attached hydrogens (tertiary/aromatic N) is 8. The summed E-state index contributed by atoms with van der Waals surface area (Å²) in [6.45, 7) is 53.7. The first kappa shape index (κ1) is 72.2. The molecule has 0 radical (unpaired) electrons. The zero-order chi connectivity index (χ0) is 62.4. The third-order valence-electron chi connectivity index (χ3n) is 16.3. The largest absolute Gasteiger partial charge is 0.402 e. The number of benzene rings is 3. The molecule has 0 bridgehead atoms. The molecule has 3 aliphatic rings. The number of hydrogen-bond donors (Lipinski definition) is 2. The number of piperazine rings is 2. The average Bonchev–Trinajstić information content (AvgIpc) is 2.70. The molecular formula is C72H111N10OP. The van der Waals surface area contributed by atoms with Crippen molar-refractivity contribution in [2.75, 3.05) is 109 Å². The van der Waals surface area contributed by atoms with Crippen molar-refractivity contribution in [1.82, 2.24) is 34.9 Å². The van der Waals surface area contributed by atoms with Gasteiger partial charge in [-0.1, -0.05) is 160 Å². The van der Waals surface area contributed by atoms with Gasteiger partial charge in [-0.3, -0.25) is 14.6 Å². The van der Waals surface area contributed by atoms with Crippen LogP contribution in [0.2, 0.25) is 0 Å². The van der Waals surface area contributed by atoms with Gasteiger partial charge < -0.3 is 30.7 Å². The SMILES string of the molecule is C=C/C=C\C.C=CCCC(C=C)N(C)C(=O)c1cc(P)c(N2CCN(CC3CCN(C(=C)C(C)(C)C(C)Cc4cccc(-c5cc(N6CCN(CCC)CC6)nc(/C(=C(/C)N)c6ccccc6)n5)c4)CC3)CC2)cc1C=C.CC.CC.CNC. The molecule has 12 heteroatoms. The summed E-state index contributed by atoms with van der Waals surface area (Å²) in [5, 5.41) is 3.79. The molecule has 3 aromatic carbocycles. The van der Waals surface area contributed by atoms with E-state index in [4.69, 9.17) is 22.3 Å². The summed E-state index contributed by atoms with van der Waals surface area (Å²) in [6, 6.07) is 25.6. The molecular weight excluding hydrogens is 1050 g/mol. The number of piperidine rings is 1. The maximum absolute atomic E-state index is 13.7. The van der Waals surface area contributed by atoms with Crippen molar-refractivity contribution in [3.8, 4) is 11.3 Å². The molecule has 3 aliphatic heterocycles. The van der Waals surface area contributed by atoms with Crippen LogP contribution in [0.1, 0.15) is 134 Å². The predicted octanol–water partition coefficient (Wildman–Crippen LogP) is 14.0. The summed E-state index contributed by atoms with van der Waals surface area (Å²) in [4.78, 5) is 38.6. The highest BCUT2D eigenvalue weighted by atomic mass is 31.0. The zero-order valence-electron chi connectivity index (χ0n) is 54.5. The fourth-order valence-electron chi connectivity index (χ4n) is 11.1. The molecule has 0 aliphatic carbocycles. The molecule has 3 fully saturated rings. The van der Waals surface area contributed by atoms with Gasteiger partial charge in [-0.25, -0.2) is 9.97 Å². The minimum atomic E-state index is -0.0922. The maximum atomic E-state index is 13.7. The smallest absolute Gasteiger partial charge is 0.254 e. The Hall–Kier alpha value is -6.10. The van der Waals surface area contributed by atoms with Gasteiger partial charge in [-0.2, -0.15) is 0 Å². The lowest BCUT2D eigenvalue weighted by Crippen LogP contribution is -2.49. The Balaban J connectivity index is 0.00000142. The van der Waals surface area contributed by atoms with Crippen LogP contribution in [0.4, 0.5) is 11.5 Å². The van der Waals surface area contributed by atoms with Gasteiger partial charge in [0, 0.05) is 130 Å². The lowest BCUT2D eigenvalue weighted by molar-refractivity contribution is 0.0755. The van der Waals surface area contributed by atoms with Crippen molar-refractivity contribution in [2.45, 2.75) is 114 Å². The lowest BCUT2D eigenvalue weighted by Gasteiger charge is -2.45. The van der Waals surface area contributed by atoms with Crippen LogP contribution < -0.4 is 26.2 Å². The standard InChI is InChI=1S/C61H84N9OP.C5H8.C2H7N.2C2H6/c1-11-15-24-52(14-4)65(10)60(71)53-41-56(72)55(40-49(53)13-3)69-34-32-67(33-35-69)43-47-25-28-68(29-26-47)46(7)61(8,9)44(5)38-48-20-19-23-51(39-48)54-42-57(70-36-30-66(27-12-2)31-37-70)64-59(63-54)58(45(6)62)50-21-17-16-18-22-50;1-3-5-4-2;1-3-2;2*1-2/h11,13-14,16-23,39-42,44,47,52H,1,3-4,7,12,15,24-38,43,62,72H2,2,5-6,8-10H3;3-5H,1H2,2H3;3H,1-2H3;2*1-2H3/b58-45-;5-4-;;;. The summed E-state index contributed by atoms with van der Waals surface area (Å²) in [6.07, 6.45) is 17.2. The van der Waals surface area contributed by atoms with Crippen molar-refractivity contribution >= 4 is 43.6 Å². The van der Waals surface area contributed by atoms with Crippen molar-refractivity contribution < 1.29 is 4.79 Å². The van der Waals surface area contributed by atoms with Gasteiger partial charge in [0.05, 0.1) is 5.69 Å². The summed E-state index contributed by atoms with van der Waals surface area (Å²) in [7, 11) is 8.50. The number of allylic oxidation sites excluding steroid dienone is 6. The van der Waals surface area contributed by atoms with Crippen LogP contribution in [0, 0.1) is 17.3 Å². The number of rotatable bonds is 22. The van der Waals surface area contributed by atoms with Crippen LogP contribution in [0.5, 0.6) is 0 Å². The van der Waals surface area contributed by atoms with Crippen molar-refractivity contribution in [2.24, 2.45) is 23.0 Å². The van der Waals surface area contributed by atoms with E-state index in [9.17, 15) is 4.79 Å². The Morgan fingerprint density at radius 3 is 2.02 bits per heavy atom. The molecule has 7 rings (SSSR count). The zero-order valence-corrected chi connectivity index (χ0v) is 55.7. The van der Waals surface area contributed by atoms with E-state index in [1.807, 2.05) is 117 Å². The summed E-state index contributed by atoms with van der Waals surface area (Å²) >= 11 is 0. The fourth-order valence-corrected chi connectivity index (χ4v) is 11.5. The molecule has 460 valence electrons. The van der Waals surface area contributed by atoms with Gasteiger partial charge in [0.25, 0.3) is 5.91 Å². The van der Waals surface area contributed by atoms with E-state index in [0.717, 1.165) is 149 Å². The highest BCUT2D eigenvalue weighted by Crippen LogP contribution is 2.40. The Labute approximate surface area is 513 Å². The molecule has 84 heavy (non-hydrogen) atoms. The predicted molar refractivity (Wildman–Crippen MR) is 372 cm³/mol. The van der Waals surface area contributed by atoms with E-state index in [0.29, 0.717) is 28.9 Å². The van der Waals surface area contributed by atoms with Gasteiger partial charge in [-0.05, 0) is 125 Å². The van der Waals surface area contributed by atoms with E-state index in [2.05, 4.69) is 142 Å². The maximum Gasteiger partial charge on any atom is 0.254 e. The second-order valence-electron chi connectivity index (χ2n) is 22.4. The van der Waals surface area contributed by atoms with Crippen LogP contribution in [-0.4, -0.2) is 141 Å². The molecule has 4 aromatic rings. The second kappa shape index (κ2) is 38.1. The van der Waals surface area contributed by atoms with Crippen LogP contribution in [0.3, 0.4) is 0 Å². The molecule has 1 amide bonds. The van der Waals surface area contributed by atoms with Crippen LogP contribution in [0.25, 0.3) is 22.9 Å². The molecule has 3 saturated heterocycles. The number of hydrogen-bond acceptors (Lipinski definition) is 10. The van der Waals surface area contributed by atoms with E-state index in [1.165, 1.54) is 24.1 Å². The number of aromatic nitrogens is 2. The fraction of sp³-hybridized carbons (Fsp3) is 0.486. The molecule has 0 spiro atoms. The first-order valence-corrected chi connectivity index (χ1v) is 31.8. The number of nitrogens with two attached hydrogens (primary N) is 1. The van der Waals surface area contributed by atoms with E-state index < -0.39 is 0 Å². The topological polar surface area (TPSA) is 100 Å². The van der Waals surface area contributed by atoms with Crippen molar-refractivity contribution in [1.29, 1.82) is 0 Å². The van der Waals surface area contributed by atoms with Crippen molar-refractivity contribution in [3.05, 3.63) is 176 Å².